The van der Waals surface area contributed by atoms with Gasteiger partial charge < -0.3 is 19.6 Å². The van der Waals surface area contributed by atoms with Crippen molar-refractivity contribution in [2.45, 2.75) is 6.42 Å². The fraction of sp³-hybridized carbons (Fsp3) is 0.286. The van der Waals surface area contributed by atoms with E-state index in [1.54, 1.807) is 53.3 Å². The van der Waals surface area contributed by atoms with Gasteiger partial charge in [-0.3, -0.25) is 9.59 Å². The van der Waals surface area contributed by atoms with Crippen molar-refractivity contribution in [2.75, 3.05) is 33.3 Å². The zero-order valence-corrected chi connectivity index (χ0v) is 15.6. The Morgan fingerprint density at radius 3 is 2.25 bits per heavy atom. The summed E-state index contributed by atoms with van der Waals surface area (Å²) in [6.07, 6.45) is 0.144. The third kappa shape index (κ3) is 4.49. The Bertz CT molecular complexity index is 888. The molecule has 0 aliphatic carbocycles. The number of carbonyl (C=O) groups excluding carboxylic acids is 2. The van der Waals surface area contributed by atoms with Crippen molar-refractivity contribution < 1.29 is 24.2 Å². The van der Waals surface area contributed by atoms with Gasteiger partial charge in [-0.05, 0) is 35.9 Å². The molecule has 1 N–H and O–H groups in total. The molecule has 7 nitrogen and oxygen atoms in total. The van der Waals surface area contributed by atoms with Crippen LogP contribution in [-0.4, -0.2) is 66.0 Å². The van der Waals surface area contributed by atoms with Crippen LogP contribution >= 0.6 is 0 Å². The molecule has 1 heterocycles. The van der Waals surface area contributed by atoms with Crippen LogP contribution in [0.3, 0.4) is 0 Å². The van der Waals surface area contributed by atoms with Crippen LogP contribution in [0.2, 0.25) is 0 Å². The lowest BCUT2D eigenvalue weighted by atomic mass is 10.1. The van der Waals surface area contributed by atoms with Crippen LogP contribution in [0.4, 0.5) is 0 Å². The van der Waals surface area contributed by atoms with E-state index in [1.807, 2.05) is 0 Å². The van der Waals surface area contributed by atoms with E-state index in [1.165, 1.54) is 12.1 Å². The standard InChI is InChI=1S/C21H22N2O5/c1-28-18-7-3-5-16(14-18)20(25)23-10-8-22(9-11-23)19(24)13-15-4-2-6-17(12-15)21(26)27/h2-7,12,14H,8-11,13H2,1H3,(H,26,27). The van der Waals surface area contributed by atoms with Crippen molar-refractivity contribution in [3.8, 4) is 5.75 Å². The molecule has 28 heavy (non-hydrogen) atoms. The number of hydrogen-bond donors (Lipinski definition) is 1. The molecular weight excluding hydrogens is 360 g/mol. The van der Waals surface area contributed by atoms with Crippen LogP contribution < -0.4 is 4.74 Å². The minimum absolute atomic E-state index is 0.0731. The summed E-state index contributed by atoms with van der Waals surface area (Å²) in [6, 6.07) is 13.4. The predicted molar refractivity (Wildman–Crippen MR) is 103 cm³/mol. The Morgan fingerprint density at radius 2 is 1.57 bits per heavy atom. The molecule has 3 rings (SSSR count). The van der Waals surface area contributed by atoms with Gasteiger partial charge in [-0.2, -0.15) is 0 Å². The van der Waals surface area contributed by atoms with Crippen molar-refractivity contribution in [3.63, 3.8) is 0 Å². The number of aromatic carboxylic acids is 1. The average Bonchev–Trinajstić information content (AvgIpc) is 2.73. The molecule has 0 bridgehead atoms. The number of amides is 2. The van der Waals surface area contributed by atoms with Gasteiger partial charge in [-0.25, -0.2) is 4.79 Å². The summed E-state index contributed by atoms with van der Waals surface area (Å²) in [5, 5.41) is 9.06. The third-order valence-electron chi connectivity index (χ3n) is 4.77. The van der Waals surface area contributed by atoms with E-state index in [0.29, 0.717) is 43.1 Å². The summed E-state index contributed by atoms with van der Waals surface area (Å²) in [5.41, 5.74) is 1.39. The monoisotopic (exact) mass is 382 g/mol. The number of rotatable bonds is 5. The number of carboxylic acids is 1. The molecule has 0 spiro atoms. The van der Waals surface area contributed by atoms with Crippen LogP contribution in [0.25, 0.3) is 0 Å². The number of carboxylic acid groups (broad SMARTS) is 1. The van der Waals surface area contributed by atoms with Gasteiger partial charge >= 0.3 is 5.97 Å². The Kier molecular flexibility index (Phi) is 5.93. The first-order valence-electron chi connectivity index (χ1n) is 9.01. The van der Waals surface area contributed by atoms with E-state index in [0.717, 1.165) is 0 Å². The van der Waals surface area contributed by atoms with Crippen LogP contribution in [0.1, 0.15) is 26.3 Å². The molecule has 2 aromatic rings. The fourth-order valence-corrected chi connectivity index (χ4v) is 3.20. The van der Waals surface area contributed by atoms with Crippen molar-refractivity contribution in [1.29, 1.82) is 0 Å². The number of hydrogen-bond acceptors (Lipinski definition) is 4. The second-order valence-corrected chi connectivity index (χ2v) is 6.59. The SMILES string of the molecule is COc1cccc(C(=O)N2CCN(C(=O)Cc3cccc(C(=O)O)c3)CC2)c1. The van der Waals surface area contributed by atoms with Gasteiger partial charge in [0.05, 0.1) is 19.1 Å². The second-order valence-electron chi connectivity index (χ2n) is 6.59. The Morgan fingerprint density at radius 1 is 0.929 bits per heavy atom. The first kappa shape index (κ1) is 19.4. The Hall–Kier alpha value is -3.35. The Labute approximate surface area is 163 Å². The van der Waals surface area contributed by atoms with Crippen LogP contribution in [0.15, 0.2) is 48.5 Å². The molecule has 0 unspecified atom stereocenters. The van der Waals surface area contributed by atoms with Gasteiger partial charge in [-0.1, -0.05) is 18.2 Å². The van der Waals surface area contributed by atoms with E-state index in [9.17, 15) is 14.4 Å². The minimum Gasteiger partial charge on any atom is -0.497 e. The van der Waals surface area contributed by atoms with E-state index in [4.69, 9.17) is 9.84 Å². The smallest absolute Gasteiger partial charge is 0.335 e. The maximum Gasteiger partial charge on any atom is 0.335 e. The summed E-state index contributed by atoms with van der Waals surface area (Å²) in [6.45, 7) is 1.81. The molecule has 0 radical (unpaired) electrons. The van der Waals surface area contributed by atoms with E-state index in [-0.39, 0.29) is 23.8 Å². The third-order valence-corrected chi connectivity index (χ3v) is 4.77. The zero-order chi connectivity index (χ0) is 20.1. The highest BCUT2D eigenvalue weighted by molar-refractivity contribution is 5.95. The maximum absolute atomic E-state index is 12.6. The van der Waals surface area contributed by atoms with E-state index < -0.39 is 5.97 Å². The lowest BCUT2D eigenvalue weighted by Crippen LogP contribution is -2.51. The average molecular weight is 382 g/mol. The van der Waals surface area contributed by atoms with Crippen molar-refractivity contribution in [1.82, 2.24) is 9.80 Å². The Balaban J connectivity index is 1.57. The van der Waals surface area contributed by atoms with Gasteiger partial charge in [0.1, 0.15) is 5.75 Å². The summed E-state index contributed by atoms with van der Waals surface area (Å²) in [5.74, 6) is -0.543. The van der Waals surface area contributed by atoms with Gasteiger partial charge in [0, 0.05) is 31.7 Å². The number of carbonyl (C=O) groups is 3. The minimum atomic E-state index is -1.01. The number of methoxy groups -OCH3 is 1. The van der Waals surface area contributed by atoms with Crippen molar-refractivity contribution >= 4 is 17.8 Å². The highest BCUT2D eigenvalue weighted by Crippen LogP contribution is 2.16. The molecular formula is C21H22N2O5. The molecule has 1 aliphatic rings. The van der Waals surface area contributed by atoms with Crippen molar-refractivity contribution in [2.24, 2.45) is 0 Å². The molecule has 0 aromatic heterocycles. The molecule has 1 aliphatic heterocycles. The van der Waals surface area contributed by atoms with Gasteiger partial charge in [0.2, 0.25) is 5.91 Å². The van der Waals surface area contributed by atoms with E-state index in [2.05, 4.69) is 0 Å². The first-order valence-corrected chi connectivity index (χ1v) is 9.01. The van der Waals surface area contributed by atoms with Crippen LogP contribution in [-0.2, 0) is 11.2 Å². The zero-order valence-electron chi connectivity index (χ0n) is 15.6. The molecule has 146 valence electrons. The quantitative estimate of drug-likeness (QED) is 0.854. The normalized spacial score (nSPS) is 13.9. The van der Waals surface area contributed by atoms with Gasteiger partial charge in [-0.15, -0.1) is 0 Å². The highest BCUT2D eigenvalue weighted by atomic mass is 16.5. The van der Waals surface area contributed by atoms with E-state index >= 15 is 0 Å². The molecule has 1 fully saturated rings. The predicted octanol–water partition coefficient (Wildman–Crippen LogP) is 1.92. The maximum atomic E-state index is 12.6. The van der Waals surface area contributed by atoms with Crippen molar-refractivity contribution in [3.05, 3.63) is 65.2 Å². The van der Waals surface area contributed by atoms with Gasteiger partial charge in [0.25, 0.3) is 5.91 Å². The summed E-state index contributed by atoms with van der Waals surface area (Å²) in [4.78, 5) is 39.7. The largest absolute Gasteiger partial charge is 0.497 e. The van der Waals surface area contributed by atoms with Gasteiger partial charge in [0.15, 0.2) is 0 Å². The summed E-state index contributed by atoms with van der Waals surface area (Å²) < 4.78 is 5.16. The first-order chi connectivity index (χ1) is 13.5. The highest BCUT2D eigenvalue weighted by Gasteiger charge is 2.25. The number of ether oxygens (including phenoxy) is 1. The van der Waals surface area contributed by atoms with Crippen LogP contribution in [0, 0.1) is 0 Å². The molecule has 7 heteroatoms. The number of piperazine rings is 1. The summed E-state index contributed by atoms with van der Waals surface area (Å²) >= 11 is 0. The molecule has 1 saturated heterocycles. The molecule has 0 atom stereocenters. The summed E-state index contributed by atoms with van der Waals surface area (Å²) in [7, 11) is 1.56. The number of benzene rings is 2. The number of nitrogens with zero attached hydrogens (tertiary/aromatic N) is 2. The topological polar surface area (TPSA) is 87.2 Å². The van der Waals surface area contributed by atoms with Crippen LogP contribution in [0.5, 0.6) is 5.75 Å². The second kappa shape index (κ2) is 8.56. The fourth-order valence-electron chi connectivity index (χ4n) is 3.20. The lowest BCUT2D eigenvalue weighted by Gasteiger charge is -2.35. The molecule has 2 amide bonds. The molecule has 0 saturated carbocycles. The lowest BCUT2D eigenvalue weighted by molar-refractivity contribution is -0.131. The molecule has 2 aromatic carbocycles.